The van der Waals surface area contributed by atoms with Crippen LogP contribution in [0.5, 0.6) is 0 Å². The second-order valence-corrected chi connectivity index (χ2v) is 3.24. The smallest absolute Gasteiger partial charge is 0.313 e. The molecule has 0 fully saturated rings. The fraction of sp³-hybridized carbons (Fsp3) is 0.182. The third-order valence-corrected chi connectivity index (χ3v) is 2.20. The van der Waals surface area contributed by atoms with E-state index in [4.69, 9.17) is 18.4 Å². The molecule has 1 rings (SSSR count). The van der Waals surface area contributed by atoms with E-state index in [0.29, 0.717) is 0 Å². The molecular formula is C11H2F5N3. The Balaban J connectivity index is 3.96. The molecule has 3 nitrogen and oxygen atoms in total. The summed E-state index contributed by atoms with van der Waals surface area (Å²) in [6.45, 7) is 12.1. The number of benzene rings is 1. The van der Waals surface area contributed by atoms with Gasteiger partial charge in [-0.15, -0.1) is 0 Å². The summed E-state index contributed by atoms with van der Waals surface area (Å²) in [6.07, 6.45) is -5.23. The van der Waals surface area contributed by atoms with E-state index in [9.17, 15) is 22.0 Å². The Morgan fingerprint density at radius 1 is 1.16 bits per heavy atom. The standard InChI is InChI=1S/C11H2F5N3/c1-18-4-6-7(11(14,15)16)8(12)5(3-17)9(13)10(6)19-2/h4H2. The SMILES string of the molecule is [C-]#[N+]Cc1c([N+]#[C-])c(F)c(C#N)c(F)c1C(F)(F)F. The predicted octanol–water partition coefficient (Wildman–Crippen LogP) is 3.83. The zero-order chi connectivity index (χ0) is 14.8. The van der Waals surface area contributed by atoms with Crippen molar-refractivity contribution in [3.63, 3.8) is 0 Å². The van der Waals surface area contributed by atoms with Crippen LogP contribution in [0, 0.1) is 36.1 Å². The van der Waals surface area contributed by atoms with Crippen LogP contribution in [0.1, 0.15) is 16.7 Å². The van der Waals surface area contributed by atoms with Gasteiger partial charge >= 0.3 is 6.18 Å². The summed E-state index contributed by atoms with van der Waals surface area (Å²) in [5.74, 6) is -3.78. The van der Waals surface area contributed by atoms with Gasteiger partial charge in [0.15, 0.2) is 11.6 Å². The molecule has 8 heteroatoms. The molecule has 1 aromatic rings. The molecule has 1 aromatic carbocycles. The van der Waals surface area contributed by atoms with Crippen LogP contribution in [-0.4, -0.2) is 0 Å². The lowest BCUT2D eigenvalue weighted by Gasteiger charge is -2.14. The quantitative estimate of drug-likeness (QED) is 0.564. The van der Waals surface area contributed by atoms with E-state index >= 15 is 0 Å². The number of nitriles is 1. The van der Waals surface area contributed by atoms with Gasteiger partial charge in [0.25, 0.3) is 0 Å². The van der Waals surface area contributed by atoms with Crippen molar-refractivity contribution in [3.05, 3.63) is 51.2 Å². The first-order chi connectivity index (χ1) is 8.79. The van der Waals surface area contributed by atoms with Crippen molar-refractivity contribution in [1.82, 2.24) is 0 Å². The minimum atomic E-state index is -5.23. The van der Waals surface area contributed by atoms with Gasteiger partial charge in [-0.3, -0.25) is 0 Å². The van der Waals surface area contributed by atoms with Gasteiger partial charge in [0.05, 0.1) is 17.7 Å². The van der Waals surface area contributed by atoms with Gasteiger partial charge in [0.2, 0.25) is 12.2 Å². The van der Waals surface area contributed by atoms with Gasteiger partial charge in [-0.05, 0) is 0 Å². The molecule has 0 saturated carbocycles. The normalized spacial score (nSPS) is 10.4. The van der Waals surface area contributed by atoms with Crippen LogP contribution in [0.3, 0.4) is 0 Å². The number of rotatable bonds is 1. The lowest BCUT2D eigenvalue weighted by molar-refractivity contribution is -0.140. The van der Waals surface area contributed by atoms with Gasteiger partial charge in [-0.25, -0.2) is 20.2 Å². The van der Waals surface area contributed by atoms with E-state index in [1.54, 1.807) is 0 Å². The second-order valence-electron chi connectivity index (χ2n) is 3.24. The van der Waals surface area contributed by atoms with Crippen molar-refractivity contribution >= 4 is 5.69 Å². The highest BCUT2D eigenvalue weighted by Gasteiger charge is 2.41. The topological polar surface area (TPSA) is 32.5 Å². The summed E-state index contributed by atoms with van der Waals surface area (Å²) in [6, 6.07) is 0.949. The summed E-state index contributed by atoms with van der Waals surface area (Å²) in [5, 5.41) is 8.47. The molecule has 0 aliphatic rings. The van der Waals surface area contributed by atoms with Gasteiger partial charge in [0.1, 0.15) is 11.6 Å². The van der Waals surface area contributed by atoms with Crippen LogP contribution in [-0.2, 0) is 12.7 Å². The Bertz CT molecular complexity index is 656. The summed E-state index contributed by atoms with van der Waals surface area (Å²) in [7, 11) is 0. The van der Waals surface area contributed by atoms with E-state index in [1.807, 2.05) is 0 Å². The highest BCUT2D eigenvalue weighted by molar-refractivity contribution is 5.63. The minimum Gasteiger partial charge on any atom is -0.313 e. The van der Waals surface area contributed by atoms with Crippen molar-refractivity contribution in [2.75, 3.05) is 0 Å². The molecule has 0 N–H and O–H groups in total. The monoisotopic (exact) mass is 271 g/mol. The second kappa shape index (κ2) is 4.91. The highest BCUT2D eigenvalue weighted by Crippen LogP contribution is 2.41. The third-order valence-electron chi connectivity index (χ3n) is 2.20. The summed E-state index contributed by atoms with van der Waals surface area (Å²) >= 11 is 0. The zero-order valence-electron chi connectivity index (χ0n) is 8.94. The molecule has 0 aromatic heterocycles. The van der Waals surface area contributed by atoms with Gasteiger partial charge < -0.3 is 4.85 Å². The molecule has 0 radical (unpaired) electrons. The fourth-order valence-corrected chi connectivity index (χ4v) is 1.47. The number of hydrogen-bond acceptors (Lipinski definition) is 1. The van der Waals surface area contributed by atoms with Gasteiger partial charge in [0, 0.05) is 0 Å². The average Bonchev–Trinajstić information content (AvgIpc) is 2.28. The third kappa shape index (κ3) is 2.31. The Morgan fingerprint density at radius 2 is 1.74 bits per heavy atom. The molecule has 19 heavy (non-hydrogen) atoms. The molecule has 0 aliphatic heterocycles. The van der Waals surface area contributed by atoms with Crippen molar-refractivity contribution in [2.45, 2.75) is 12.7 Å². The van der Waals surface area contributed by atoms with Gasteiger partial charge in [-0.1, -0.05) is 0 Å². The Labute approximate surface area is 104 Å². The molecule has 0 aliphatic carbocycles. The molecule has 0 atom stereocenters. The maximum atomic E-state index is 13.5. The maximum absolute atomic E-state index is 13.5. The molecule has 0 heterocycles. The van der Waals surface area contributed by atoms with Crippen LogP contribution in [0.2, 0.25) is 0 Å². The van der Waals surface area contributed by atoms with Crippen molar-refractivity contribution < 1.29 is 22.0 Å². The molecule has 0 amide bonds. The number of halogens is 5. The van der Waals surface area contributed by atoms with Crippen molar-refractivity contribution in [3.8, 4) is 6.07 Å². The molecule has 96 valence electrons. The first-order valence-electron chi connectivity index (χ1n) is 4.51. The van der Waals surface area contributed by atoms with E-state index in [1.165, 1.54) is 0 Å². The number of hydrogen-bond donors (Lipinski definition) is 0. The van der Waals surface area contributed by atoms with Crippen molar-refractivity contribution in [2.24, 2.45) is 0 Å². The van der Waals surface area contributed by atoms with E-state index in [0.717, 1.165) is 6.07 Å². The molecule has 0 spiro atoms. The Morgan fingerprint density at radius 3 is 2.11 bits per heavy atom. The average molecular weight is 271 g/mol. The first-order valence-corrected chi connectivity index (χ1v) is 4.51. The Kier molecular flexibility index (Phi) is 3.72. The number of alkyl halides is 3. The fourth-order valence-electron chi connectivity index (χ4n) is 1.47. The molecule has 0 bridgehead atoms. The van der Waals surface area contributed by atoms with E-state index in [2.05, 4.69) is 9.69 Å². The zero-order valence-corrected chi connectivity index (χ0v) is 8.94. The molecule has 0 unspecified atom stereocenters. The van der Waals surface area contributed by atoms with Crippen LogP contribution in [0.15, 0.2) is 0 Å². The van der Waals surface area contributed by atoms with Crippen LogP contribution in [0.25, 0.3) is 9.69 Å². The number of nitrogens with zero attached hydrogens (tertiary/aromatic N) is 3. The van der Waals surface area contributed by atoms with Gasteiger partial charge in [-0.2, -0.15) is 18.4 Å². The first kappa shape index (κ1) is 14.4. The minimum absolute atomic E-state index is 0.949. The summed E-state index contributed by atoms with van der Waals surface area (Å²) < 4.78 is 65.2. The van der Waals surface area contributed by atoms with E-state index < -0.39 is 46.7 Å². The molecule has 0 saturated heterocycles. The van der Waals surface area contributed by atoms with Crippen LogP contribution in [0.4, 0.5) is 27.6 Å². The molecular weight excluding hydrogens is 269 g/mol. The van der Waals surface area contributed by atoms with Crippen molar-refractivity contribution in [1.29, 1.82) is 5.26 Å². The summed E-state index contributed by atoms with van der Waals surface area (Å²) in [4.78, 5) is 5.14. The Hall–Kier alpha value is -2.66. The summed E-state index contributed by atoms with van der Waals surface area (Å²) in [5.41, 5.74) is -5.66. The predicted molar refractivity (Wildman–Crippen MR) is 52.6 cm³/mol. The lowest BCUT2D eigenvalue weighted by Crippen LogP contribution is -2.15. The van der Waals surface area contributed by atoms with Crippen LogP contribution >= 0.6 is 0 Å². The highest BCUT2D eigenvalue weighted by atomic mass is 19.4. The van der Waals surface area contributed by atoms with Crippen LogP contribution < -0.4 is 0 Å². The maximum Gasteiger partial charge on any atom is 0.418 e. The van der Waals surface area contributed by atoms with E-state index in [-0.39, 0.29) is 0 Å². The lowest BCUT2D eigenvalue weighted by atomic mass is 9.99. The largest absolute Gasteiger partial charge is 0.418 e.